The summed E-state index contributed by atoms with van der Waals surface area (Å²) in [5, 5.41) is 2.86. The zero-order chi connectivity index (χ0) is 12.3. The zero-order valence-electron chi connectivity index (χ0n) is 9.41. The molecule has 0 saturated heterocycles. The lowest BCUT2D eigenvalue weighted by Gasteiger charge is -2.05. The van der Waals surface area contributed by atoms with Gasteiger partial charge in [0.15, 0.2) is 0 Å². The summed E-state index contributed by atoms with van der Waals surface area (Å²) in [6.45, 7) is 0.769. The van der Waals surface area contributed by atoms with Gasteiger partial charge in [-0.15, -0.1) is 11.8 Å². The van der Waals surface area contributed by atoms with E-state index in [-0.39, 0.29) is 11.7 Å². The second-order valence-electron chi connectivity index (χ2n) is 4.26. The van der Waals surface area contributed by atoms with Crippen molar-refractivity contribution in [3.63, 3.8) is 0 Å². The van der Waals surface area contributed by atoms with Crippen LogP contribution in [-0.2, 0) is 4.79 Å². The Hall–Kier alpha value is -1.23. The van der Waals surface area contributed by atoms with Crippen molar-refractivity contribution in [1.82, 2.24) is 5.32 Å². The number of hydrogen-bond donors (Lipinski definition) is 2. The van der Waals surface area contributed by atoms with Gasteiger partial charge < -0.3 is 11.1 Å². The average molecular weight is 254 g/mol. The van der Waals surface area contributed by atoms with E-state index in [9.17, 15) is 9.18 Å². The molecule has 5 heteroatoms. The summed E-state index contributed by atoms with van der Waals surface area (Å²) in [6, 6.07) is 4.31. The molecule has 0 aromatic heterocycles. The van der Waals surface area contributed by atoms with E-state index < -0.39 is 0 Å². The number of anilines is 1. The molecule has 1 aromatic carbocycles. The van der Waals surface area contributed by atoms with Crippen LogP contribution in [0.1, 0.15) is 12.8 Å². The van der Waals surface area contributed by atoms with Gasteiger partial charge in [0.05, 0.1) is 5.75 Å². The Labute approximate surface area is 104 Å². The highest BCUT2D eigenvalue weighted by Crippen LogP contribution is 2.27. The number of nitrogen functional groups attached to an aromatic ring is 1. The van der Waals surface area contributed by atoms with Crippen molar-refractivity contribution in [2.75, 3.05) is 18.0 Å². The van der Waals surface area contributed by atoms with E-state index in [2.05, 4.69) is 5.32 Å². The summed E-state index contributed by atoms with van der Waals surface area (Å²) in [5.41, 5.74) is 5.90. The molecule has 3 N–H and O–H groups in total. The number of rotatable bonds is 5. The van der Waals surface area contributed by atoms with Crippen molar-refractivity contribution in [3.05, 3.63) is 24.0 Å². The van der Waals surface area contributed by atoms with Crippen LogP contribution in [0.25, 0.3) is 0 Å². The smallest absolute Gasteiger partial charge is 0.230 e. The molecule has 1 aliphatic carbocycles. The van der Waals surface area contributed by atoms with E-state index in [0.717, 1.165) is 6.54 Å². The molecule has 1 aromatic rings. The summed E-state index contributed by atoms with van der Waals surface area (Å²) in [4.78, 5) is 12.1. The topological polar surface area (TPSA) is 55.1 Å². The standard InChI is InChI=1S/C12H15FN2OS/c13-9-3-10(14)5-11(4-9)17-7-12(16)15-6-8-1-2-8/h3-5,8H,1-2,6-7,14H2,(H,15,16). The maximum atomic E-state index is 13.0. The Bertz CT molecular complexity index is 401. The minimum atomic E-state index is -0.370. The fourth-order valence-electron chi connectivity index (χ4n) is 1.45. The van der Waals surface area contributed by atoms with Gasteiger partial charge in [-0.25, -0.2) is 4.39 Å². The fraction of sp³-hybridized carbons (Fsp3) is 0.417. The van der Waals surface area contributed by atoms with E-state index in [0.29, 0.717) is 22.3 Å². The van der Waals surface area contributed by atoms with E-state index in [1.54, 1.807) is 6.07 Å². The first kappa shape index (κ1) is 12.2. The SMILES string of the molecule is Nc1cc(F)cc(SCC(=O)NCC2CC2)c1. The van der Waals surface area contributed by atoms with Gasteiger partial charge in [-0.05, 0) is 37.0 Å². The molecule has 1 fully saturated rings. The number of nitrogens with one attached hydrogen (secondary N) is 1. The van der Waals surface area contributed by atoms with Gasteiger partial charge in [0.1, 0.15) is 5.82 Å². The molecular weight excluding hydrogens is 239 g/mol. The Balaban J connectivity index is 1.77. The van der Waals surface area contributed by atoms with Gasteiger partial charge in [0.25, 0.3) is 0 Å². The molecule has 0 spiro atoms. The number of thioether (sulfide) groups is 1. The Kier molecular flexibility index (Phi) is 3.89. The monoisotopic (exact) mass is 254 g/mol. The highest BCUT2D eigenvalue weighted by atomic mass is 32.2. The first-order valence-electron chi connectivity index (χ1n) is 5.59. The number of carbonyl (C=O) groups excluding carboxylic acids is 1. The van der Waals surface area contributed by atoms with Crippen LogP contribution in [0, 0.1) is 11.7 Å². The van der Waals surface area contributed by atoms with E-state index >= 15 is 0 Å². The van der Waals surface area contributed by atoms with Crippen LogP contribution in [0.15, 0.2) is 23.1 Å². The Morgan fingerprint density at radius 1 is 1.47 bits per heavy atom. The van der Waals surface area contributed by atoms with Crippen LogP contribution >= 0.6 is 11.8 Å². The molecule has 0 bridgehead atoms. The number of nitrogens with two attached hydrogens (primary N) is 1. The first-order chi connectivity index (χ1) is 8.13. The molecule has 0 aliphatic heterocycles. The van der Waals surface area contributed by atoms with Crippen molar-refractivity contribution < 1.29 is 9.18 Å². The van der Waals surface area contributed by atoms with E-state index in [1.165, 1.54) is 36.7 Å². The third-order valence-corrected chi connectivity index (χ3v) is 3.52. The Morgan fingerprint density at radius 2 is 2.24 bits per heavy atom. The number of halogens is 1. The van der Waals surface area contributed by atoms with Crippen LogP contribution in [0.3, 0.4) is 0 Å². The third-order valence-electron chi connectivity index (χ3n) is 2.55. The summed E-state index contributed by atoms with van der Waals surface area (Å²) in [7, 11) is 0. The lowest BCUT2D eigenvalue weighted by molar-refractivity contribution is -0.118. The first-order valence-corrected chi connectivity index (χ1v) is 6.57. The van der Waals surface area contributed by atoms with Gasteiger partial charge >= 0.3 is 0 Å². The van der Waals surface area contributed by atoms with Crippen LogP contribution < -0.4 is 11.1 Å². The summed E-state index contributed by atoms with van der Waals surface area (Å²) in [6.07, 6.45) is 2.43. The van der Waals surface area contributed by atoms with Crippen molar-refractivity contribution in [3.8, 4) is 0 Å². The summed E-state index contributed by atoms with van der Waals surface area (Å²) in [5.74, 6) is 0.597. The maximum Gasteiger partial charge on any atom is 0.230 e. The van der Waals surface area contributed by atoms with Crippen LogP contribution in [-0.4, -0.2) is 18.2 Å². The van der Waals surface area contributed by atoms with Crippen LogP contribution in [0.2, 0.25) is 0 Å². The number of hydrogen-bond acceptors (Lipinski definition) is 3. The van der Waals surface area contributed by atoms with E-state index in [1.807, 2.05) is 0 Å². The van der Waals surface area contributed by atoms with Gasteiger partial charge in [-0.2, -0.15) is 0 Å². The average Bonchev–Trinajstić information content (AvgIpc) is 3.06. The molecule has 0 heterocycles. The maximum absolute atomic E-state index is 13.0. The highest BCUT2D eigenvalue weighted by molar-refractivity contribution is 8.00. The fourth-order valence-corrected chi connectivity index (χ4v) is 2.26. The van der Waals surface area contributed by atoms with Crippen LogP contribution in [0.4, 0.5) is 10.1 Å². The second-order valence-corrected chi connectivity index (χ2v) is 5.31. The summed E-state index contributed by atoms with van der Waals surface area (Å²) >= 11 is 1.30. The third kappa shape index (κ3) is 4.26. The molecule has 2 rings (SSSR count). The van der Waals surface area contributed by atoms with E-state index in [4.69, 9.17) is 5.73 Å². The van der Waals surface area contributed by atoms with Crippen molar-refractivity contribution in [2.45, 2.75) is 17.7 Å². The minimum Gasteiger partial charge on any atom is -0.399 e. The predicted octanol–water partition coefficient (Wildman–Crippen LogP) is 2.03. The molecule has 0 radical (unpaired) electrons. The predicted molar refractivity (Wildman–Crippen MR) is 67.3 cm³/mol. The molecule has 1 aliphatic rings. The molecule has 1 saturated carbocycles. The normalized spacial score (nSPS) is 14.6. The molecular formula is C12H15FN2OS. The van der Waals surface area contributed by atoms with Crippen molar-refractivity contribution in [1.29, 1.82) is 0 Å². The number of amides is 1. The van der Waals surface area contributed by atoms with Gasteiger partial charge in [0.2, 0.25) is 5.91 Å². The highest BCUT2D eigenvalue weighted by Gasteiger charge is 2.21. The Morgan fingerprint density at radius 3 is 2.88 bits per heavy atom. The zero-order valence-corrected chi connectivity index (χ0v) is 10.2. The largest absolute Gasteiger partial charge is 0.399 e. The van der Waals surface area contributed by atoms with Gasteiger partial charge in [-0.3, -0.25) is 4.79 Å². The van der Waals surface area contributed by atoms with Gasteiger partial charge in [0, 0.05) is 17.1 Å². The molecule has 17 heavy (non-hydrogen) atoms. The minimum absolute atomic E-state index is 0.00951. The lowest BCUT2D eigenvalue weighted by atomic mass is 10.3. The molecule has 0 atom stereocenters. The van der Waals surface area contributed by atoms with Gasteiger partial charge in [-0.1, -0.05) is 0 Å². The lowest BCUT2D eigenvalue weighted by Crippen LogP contribution is -2.27. The summed E-state index contributed by atoms with van der Waals surface area (Å²) < 4.78 is 13.0. The molecule has 92 valence electrons. The molecule has 0 unspecified atom stereocenters. The van der Waals surface area contributed by atoms with Crippen molar-refractivity contribution >= 4 is 23.4 Å². The van der Waals surface area contributed by atoms with Crippen molar-refractivity contribution in [2.24, 2.45) is 5.92 Å². The molecule has 3 nitrogen and oxygen atoms in total. The van der Waals surface area contributed by atoms with Crippen LogP contribution in [0.5, 0.6) is 0 Å². The second kappa shape index (κ2) is 5.40. The number of carbonyl (C=O) groups is 1. The molecule has 1 amide bonds. The number of benzene rings is 1. The quantitative estimate of drug-likeness (QED) is 0.624.